The molecule has 0 spiro atoms. The molecule has 1 amide bonds. The summed E-state index contributed by atoms with van der Waals surface area (Å²) in [5, 5.41) is 3.95. The Hall–Kier alpha value is -1.78. The second-order valence-corrected chi connectivity index (χ2v) is 10.8. The lowest BCUT2D eigenvalue weighted by Gasteiger charge is -2.32. The lowest BCUT2D eigenvalue weighted by molar-refractivity contribution is -0.135. The maximum atomic E-state index is 13.2. The van der Waals surface area contributed by atoms with Crippen LogP contribution in [-0.2, 0) is 21.2 Å². The number of nitrogens with zero attached hydrogens (tertiary/aromatic N) is 4. The molecule has 0 aliphatic carbocycles. The van der Waals surface area contributed by atoms with Crippen LogP contribution in [0.5, 0.6) is 0 Å². The third-order valence-corrected chi connectivity index (χ3v) is 8.90. The van der Waals surface area contributed by atoms with Crippen LogP contribution in [0.2, 0.25) is 0 Å². The first-order valence-electron chi connectivity index (χ1n) is 10.1. The van der Waals surface area contributed by atoms with Crippen molar-refractivity contribution in [2.24, 2.45) is 5.92 Å². The standard InChI is InChI=1S/C19H26N4O4S2/c1-3-17-20-18(21-27-17)15-12-16(13(2)28-15)29(25,26)23-10-6-14(7-11-23)19(24)22-8-4-5-9-22/h12,14H,3-11H2,1-2H3. The van der Waals surface area contributed by atoms with Gasteiger partial charge in [0.15, 0.2) is 0 Å². The van der Waals surface area contributed by atoms with Crippen LogP contribution in [-0.4, -0.2) is 59.8 Å². The number of piperidine rings is 1. The van der Waals surface area contributed by atoms with Crippen molar-refractivity contribution < 1.29 is 17.7 Å². The van der Waals surface area contributed by atoms with Crippen molar-refractivity contribution in [3.05, 3.63) is 16.8 Å². The number of carbonyl (C=O) groups excluding carboxylic acids is 1. The Morgan fingerprint density at radius 1 is 1.24 bits per heavy atom. The van der Waals surface area contributed by atoms with Gasteiger partial charge in [0.2, 0.25) is 27.6 Å². The molecular formula is C19H26N4O4S2. The summed E-state index contributed by atoms with van der Waals surface area (Å²) in [4.78, 5) is 20.5. The molecule has 2 saturated heterocycles. The molecule has 2 aliphatic rings. The normalized spacial score (nSPS) is 19.2. The van der Waals surface area contributed by atoms with Gasteiger partial charge in [-0.25, -0.2) is 8.42 Å². The van der Waals surface area contributed by atoms with Crippen molar-refractivity contribution >= 4 is 27.3 Å². The maximum absolute atomic E-state index is 13.2. The number of likely N-dealkylation sites (tertiary alicyclic amines) is 1. The Kier molecular flexibility index (Phi) is 5.76. The predicted octanol–water partition coefficient (Wildman–Crippen LogP) is 2.69. The Morgan fingerprint density at radius 2 is 1.93 bits per heavy atom. The average Bonchev–Trinajstić information content (AvgIpc) is 3.47. The number of aryl methyl sites for hydroxylation is 2. The van der Waals surface area contributed by atoms with E-state index in [1.807, 2.05) is 11.8 Å². The molecule has 0 saturated carbocycles. The lowest BCUT2D eigenvalue weighted by Crippen LogP contribution is -2.43. The quantitative estimate of drug-likeness (QED) is 0.712. The molecule has 4 rings (SSSR count). The molecule has 158 valence electrons. The fourth-order valence-corrected chi connectivity index (χ4v) is 6.96. The second-order valence-electron chi connectivity index (χ2n) is 7.61. The molecule has 0 radical (unpaired) electrons. The number of rotatable bonds is 5. The minimum atomic E-state index is -3.61. The molecule has 0 aromatic carbocycles. The van der Waals surface area contributed by atoms with Crippen LogP contribution in [0.4, 0.5) is 0 Å². The van der Waals surface area contributed by atoms with Gasteiger partial charge in [0.05, 0.1) is 9.77 Å². The maximum Gasteiger partial charge on any atom is 0.244 e. The molecule has 4 heterocycles. The monoisotopic (exact) mass is 438 g/mol. The van der Waals surface area contributed by atoms with E-state index < -0.39 is 10.0 Å². The third-order valence-electron chi connectivity index (χ3n) is 5.70. The van der Waals surface area contributed by atoms with Crippen LogP contribution in [0, 0.1) is 12.8 Å². The van der Waals surface area contributed by atoms with E-state index in [1.54, 1.807) is 13.0 Å². The van der Waals surface area contributed by atoms with Gasteiger partial charge in [-0.2, -0.15) is 9.29 Å². The number of aromatic nitrogens is 2. The van der Waals surface area contributed by atoms with Gasteiger partial charge in [0, 0.05) is 43.4 Å². The van der Waals surface area contributed by atoms with Crippen LogP contribution in [0.25, 0.3) is 10.7 Å². The Bertz CT molecular complexity index is 984. The van der Waals surface area contributed by atoms with Gasteiger partial charge in [-0.1, -0.05) is 12.1 Å². The largest absolute Gasteiger partial charge is 0.342 e. The molecule has 2 fully saturated rings. The summed E-state index contributed by atoms with van der Waals surface area (Å²) in [6.07, 6.45) is 3.93. The zero-order valence-corrected chi connectivity index (χ0v) is 18.4. The number of thiophene rings is 1. The fraction of sp³-hybridized carbons (Fsp3) is 0.632. The van der Waals surface area contributed by atoms with E-state index >= 15 is 0 Å². The first-order chi connectivity index (χ1) is 13.9. The molecule has 0 atom stereocenters. The molecule has 10 heteroatoms. The van der Waals surface area contributed by atoms with Crippen LogP contribution < -0.4 is 0 Å². The highest BCUT2D eigenvalue weighted by Gasteiger charge is 2.35. The number of amides is 1. The first kappa shape index (κ1) is 20.5. The van der Waals surface area contributed by atoms with Gasteiger partial charge in [0.25, 0.3) is 0 Å². The Morgan fingerprint density at radius 3 is 2.55 bits per heavy atom. The molecule has 29 heavy (non-hydrogen) atoms. The van der Waals surface area contributed by atoms with Crippen molar-refractivity contribution in [3.63, 3.8) is 0 Å². The van der Waals surface area contributed by atoms with E-state index in [0.717, 1.165) is 25.9 Å². The van der Waals surface area contributed by atoms with Crippen LogP contribution in [0.15, 0.2) is 15.5 Å². The number of carbonyl (C=O) groups is 1. The van der Waals surface area contributed by atoms with Crippen molar-refractivity contribution in [2.45, 2.75) is 50.8 Å². The van der Waals surface area contributed by atoms with Crippen molar-refractivity contribution in [3.8, 4) is 10.7 Å². The van der Waals surface area contributed by atoms with E-state index in [2.05, 4.69) is 10.1 Å². The highest BCUT2D eigenvalue weighted by molar-refractivity contribution is 7.89. The highest BCUT2D eigenvalue weighted by Crippen LogP contribution is 2.35. The van der Waals surface area contributed by atoms with Gasteiger partial charge in [0.1, 0.15) is 0 Å². The summed E-state index contributed by atoms with van der Waals surface area (Å²) in [7, 11) is -3.61. The average molecular weight is 439 g/mol. The highest BCUT2D eigenvalue weighted by atomic mass is 32.2. The first-order valence-corrected chi connectivity index (χ1v) is 12.4. The van der Waals surface area contributed by atoms with Gasteiger partial charge in [-0.05, 0) is 38.7 Å². The van der Waals surface area contributed by atoms with Crippen LogP contribution in [0.3, 0.4) is 0 Å². The van der Waals surface area contributed by atoms with E-state index in [4.69, 9.17) is 4.52 Å². The number of hydrogen-bond donors (Lipinski definition) is 0. The van der Waals surface area contributed by atoms with Crippen molar-refractivity contribution in [1.29, 1.82) is 0 Å². The summed E-state index contributed by atoms with van der Waals surface area (Å²) in [5.74, 6) is 1.08. The zero-order chi connectivity index (χ0) is 20.6. The smallest absolute Gasteiger partial charge is 0.244 e. The summed E-state index contributed by atoms with van der Waals surface area (Å²) < 4.78 is 33.1. The molecular weight excluding hydrogens is 412 g/mol. The Labute approximate surface area is 174 Å². The summed E-state index contributed by atoms with van der Waals surface area (Å²) >= 11 is 1.35. The third kappa shape index (κ3) is 3.97. The zero-order valence-electron chi connectivity index (χ0n) is 16.8. The summed E-state index contributed by atoms with van der Waals surface area (Å²) in [6.45, 7) is 6.14. The molecule has 8 nitrogen and oxygen atoms in total. The SMILES string of the molecule is CCc1nc(-c2cc(S(=O)(=O)N3CCC(C(=O)N4CCCC4)CC3)c(C)s2)no1. The van der Waals surface area contributed by atoms with Gasteiger partial charge < -0.3 is 9.42 Å². The van der Waals surface area contributed by atoms with E-state index in [-0.39, 0.29) is 11.8 Å². The molecule has 2 aromatic heterocycles. The molecule has 0 N–H and O–H groups in total. The molecule has 2 aromatic rings. The van der Waals surface area contributed by atoms with E-state index in [1.165, 1.54) is 15.6 Å². The lowest BCUT2D eigenvalue weighted by atomic mass is 9.97. The van der Waals surface area contributed by atoms with Gasteiger partial charge >= 0.3 is 0 Å². The predicted molar refractivity (Wildman–Crippen MR) is 109 cm³/mol. The van der Waals surface area contributed by atoms with E-state index in [9.17, 15) is 13.2 Å². The topological polar surface area (TPSA) is 96.6 Å². The Balaban J connectivity index is 1.47. The van der Waals surface area contributed by atoms with Gasteiger partial charge in [-0.15, -0.1) is 11.3 Å². The molecule has 0 bridgehead atoms. The summed E-state index contributed by atoms with van der Waals surface area (Å²) in [6, 6.07) is 1.64. The van der Waals surface area contributed by atoms with Crippen molar-refractivity contribution in [2.75, 3.05) is 26.2 Å². The minimum Gasteiger partial charge on any atom is -0.342 e. The number of sulfonamides is 1. The fourth-order valence-electron chi connectivity index (χ4n) is 4.01. The van der Waals surface area contributed by atoms with Crippen LogP contribution in [0.1, 0.15) is 43.4 Å². The van der Waals surface area contributed by atoms with Crippen LogP contribution >= 0.6 is 11.3 Å². The minimum absolute atomic E-state index is 0.0644. The van der Waals surface area contributed by atoms with E-state index in [0.29, 0.717) is 58.7 Å². The molecule has 2 aliphatic heterocycles. The number of hydrogen-bond acceptors (Lipinski definition) is 7. The van der Waals surface area contributed by atoms with Crippen molar-refractivity contribution in [1.82, 2.24) is 19.3 Å². The molecule has 0 unspecified atom stereocenters. The van der Waals surface area contributed by atoms with Gasteiger partial charge in [-0.3, -0.25) is 4.79 Å². The second kappa shape index (κ2) is 8.16. The summed E-state index contributed by atoms with van der Waals surface area (Å²) in [5.41, 5.74) is 0.